The molecule has 1 rings (SSSR count). The summed E-state index contributed by atoms with van der Waals surface area (Å²) in [5, 5.41) is 5.68. The molecule has 0 unspecified atom stereocenters. The predicted molar refractivity (Wildman–Crippen MR) is 72.9 cm³/mol. The van der Waals surface area contributed by atoms with E-state index in [1.54, 1.807) is 14.2 Å². The number of hydrogen-bond acceptors (Lipinski definition) is 3. The summed E-state index contributed by atoms with van der Waals surface area (Å²) in [6.45, 7) is 5.10. The zero-order valence-electron chi connectivity index (χ0n) is 11.5. The Bertz CT molecular complexity index is 403. The third-order valence-electron chi connectivity index (χ3n) is 2.78. The topological polar surface area (TPSA) is 50.4 Å². The van der Waals surface area contributed by atoms with E-state index in [4.69, 9.17) is 4.74 Å². The van der Waals surface area contributed by atoms with Crippen LogP contribution in [0.5, 0.6) is 5.75 Å². The van der Waals surface area contributed by atoms with Gasteiger partial charge in [0.05, 0.1) is 13.7 Å². The van der Waals surface area contributed by atoms with Gasteiger partial charge in [-0.1, -0.05) is 26.0 Å². The molecule has 1 aromatic rings. The fourth-order valence-electron chi connectivity index (χ4n) is 1.71. The van der Waals surface area contributed by atoms with Crippen LogP contribution in [0.25, 0.3) is 0 Å². The van der Waals surface area contributed by atoms with Gasteiger partial charge in [0.25, 0.3) is 0 Å². The van der Waals surface area contributed by atoms with E-state index < -0.39 is 0 Å². The van der Waals surface area contributed by atoms with Gasteiger partial charge in [-0.05, 0) is 24.6 Å². The summed E-state index contributed by atoms with van der Waals surface area (Å²) < 4.78 is 5.31. The van der Waals surface area contributed by atoms with Gasteiger partial charge < -0.3 is 15.4 Å². The van der Waals surface area contributed by atoms with Gasteiger partial charge in [-0.2, -0.15) is 0 Å². The number of carbonyl (C=O) groups is 1. The normalized spacial score (nSPS) is 10.5. The summed E-state index contributed by atoms with van der Waals surface area (Å²) in [6.07, 6.45) is 0. The lowest BCUT2D eigenvalue weighted by molar-refractivity contribution is -0.120. The summed E-state index contributed by atoms with van der Waals surface area (Å²) in [6, 6.07) is 6.10. The van der Waals surface area contributed by atoms with Crippen molar-refractivity contribution < 1.29 is 9.53 Å². The number of hydrogen-bond donors (Lipinski definition) is 2. The minimum Gasteiger partial charge on any atom is -0.496 e. The van der Waals surface area contributed by atoms with Crippen molar-refractivity contribution in [2.75, 3.05) is 20.7 Å². The molecule has 0 spiro atoms. The molecular formula is C14H22N2O2. The van der Waals surface area contributed by atoms with Gasteiger partial charge in [0, 0.05) is 12.1 Å². The molecule has 2 N–H and O–H groups in total. The number of carbonyl (C=O) groups excluding carboxylic acids is 1. The van der Waals surface area contributed by atoms with Crippen molar-refractivity contribution in [2.24, 2.45) is 0 Å². The standard InChI is InChI=1S/C14H22N2O2/c1-10(2)11-5-6-13(18-4)12(7-11)8-16-14(17)9-15-3/h5-7,10,15H,8-9H2,1-4H3,(H,16,17). The Balaban J connectivity index is 2.78. The number of rotatable bonds is 6. The maximum absolute atomic E-state index is 11.4. The highest BCUT2D eigenvalue weighted by molar-refractivity contribution is 5.78. The first-order valence-electron chi connectivity index (χ1n) is 6.16. The lowest BCUT2D eigenvalue weighted by atomic mass is 10.0. The summed E-state index contributed by atoms with van der Waals surface area (Å²) in [4.78, 5) is 11.4. The van der Waals surface area contributed by atoms with Gasteiger partial charge in [0.1, 0.15) is 5.75 Å². The van der Waals surface area contributed by atoms with Crippen LogP contribution in [0, 0.1) is 0 Å². The first-order valence-corrected chi connectivity index (χ1v) is 6.16. The van der Waals surface area contributed by atoms with Crippen LogP contribution in [0.2, 0.25) is 0 Å². The highest BCUT2D eigenvalue weighted by atomic mass is 16.5. The second kappa shape index (κ2) is 7.01. The van der Waals surface area contributed by atoms with Crippen LogP contribution in [0.1, 0.15) is 30.9 Å². The number of ether oxygens (including phenoxy) is 1. The number of likely N-dealkylation sites (N-methyl/N-ethyl adjacent to an activating group) is 1. The predicted octanol–water partition coefficient (Wildman–Crippen LogP) is 1.65. The van der Waals surface area contributed by atoms with Gasteiger partial charge in [0.15, 0.2) is 0 Å². The fourth-order valence-corrected chi connectivity index (χ4v) is 1.71. The summed E-state index contributed by atoms with van der Waals surface area (Å²) >= 11 is 0. The van der Waals surface area contributed by atoms with Crippen molar-refractivity contribution >= 4 is 5.91 Å². The molecule has 0 aliphatic carbocycles. The van der Waals surface area contributed by atoms with E-state index >= 15 is 0 Å². The molecular weight excluding hydrogens is 228 g/mol. The smallest absolute Gasteiger partial charge is 0.234 e. The molecule has 0 aromatic heterocycles. The third kappa shape index (κ3) is 4.04. The molecule has 0 saturated carbocycles. The Morgan fingerprint density at radius 2 is 2.11 bits per heavy atom. The molecule has 0 fully saturated rings. The fraction of sp³-hybridized carbons (Fsp3) is 0.500. The van der Waals surface area contributed by atoms with Crippen LogP contribution in [0.4, 0.5) is 0 Å². The van der Waals surface area contributed by atoms with Gasteiger partial charge in [-0.3, -0.25) is 4.79 Å². The molecule has 1 amide bonds. The van der Waals surface area contributed by atoms with Gasteiger partial charge >= 0.3 is 0 Å². The first kappa shape index (κ1) is 14.5. The molecule has 100 valence electrons. The zero-order valence-corrected chi connectivity index (χ0v) is 11.5. The van der Waals surface area contributed by atoms with E-state index in [1.807, 2.05) is 6.07 Å². The Kier molecular flexibility index (Phi) is 5.65. The Morgan fingerprint density at radius 3 is 2.67 bits per heavy atom. The lowest BCUT2D eigenvalue weighted by Crippen LogP contribution is -2.31. The maximum atomic E-state index is 11.4. The molecule has 18 heavy (non-hydrogen) atoms. The molecule has 1 aromatic carbocycles. The van der Waals surface area contributed by atoms with Crippen molar-refractivity contribution in [3.63, 3.8) is 0 Å². The van der Waals surface area contributed by atoms with Crippen molar-refractivity contribution in [3.8, 4) is 5.75 Å². The molecule has 0 bridgehead atoms. The second-order valence-electron chi connectivity index (χ2n) is 4.53. The first-order chi connectivity index (χ1) is 8.58. The largest absolute Gasteiger partial charge is 0.496 e. The highest BCUT2D eigenvalue weighted by Crippen LogP contribution is 2.23. The van der Waals surface area contributed by atoms with Crippen LogP contribution in [0.3, 0.4) is 0 Å². The van der Waals surface area contributed by atoms with Crippen molar-refractivity contribution in [2.45, 2.75) is 26.3 Å². The average molecular weight is 250 g/mol. The number of nitrogens with one attached hydrogen (secondary N) is 2. The molecule has 0 radical (unpaired) electrons. The van der Waals surface area contributed by atoms with Gasteiger partial charge in [0.2, 0.25) is 5.91 Å². The SMILES string of the molecule is CNCC(=O)NCc1cc(C(C)C)ccc1OC. The van der Waals surface area contributed by atoms with E-state index in [0.717, 1.165) is 11.3 Å². The highest BCUT2D eigenvalue weighted by Gasteiger charge is 2.08. The Labute approximate surface area is 109 Å². The van der Waals surface area contributed by atoms with Gasteiger partial charge in [-0.25, -0.2) is 0 Å². The molecule has 0 heterocycles. The van der Waals surface area contributed by atoms with Crippen LogP contribution in [0.15, 0.2) is 18.2 Å². The molecule has 0 atom stereocenters. The zero-order chi connectivity index (χ0) is 13.5. The Morgan fingerprint density at radius 1 is 1.39 bits per heavy atom. The third-order valence-corrected chi connectivity index (χ3v) is 2.78. The number of methoxy groups -OCH3 is 1. The van der Waals surface area contributed by atoms with E-state index in [-0.39, 0.29) is 5.91 Å². The van der Waals surface area contributed by atoms with Crippen molar-refractivity contribution in [1.29, 1.82) is 0 Å². The quantitative estimate of drug-likeness (QED) is 0.807. The van der Waals surface area contributed by atoms with Crippen LogP contribution in [-0.4, -0.2) is 26.6 Å². The number of benzene rings is 1. The lowest BCUT2D eigenvalue weighted by Gasteiger charge is -2.13. The van der Waals surface area contributed by atoms with E-state index in [0.29, 0.717) is 19.0 Å². The van der Waals surface area contributed by atoms with Crippen molar-refractivity contribution in [3.05, 3.63) is 29.3 Å². The molecule has 0 aliphatic heterocycles. The van der Waals surface area contributed by atoms with Crippen LogP contribution in [-0.2, 0) is 11.3 Å². The summed E-state index contributed by atoms with van der Waals surface area (Å²) in [5.74, 6) is 1.25. The minimum absolute atomic E-state index is 0.0190. The van der Waals surface area contributed by atoms with Crippen LogP contribution >= 0.6 is 0 Å². The number of amides is 1. The van der Waals surface area contributed by atoms with E-state index in [2.05, 4.69) is 36.6 Å². The van der Waals surface area contributed by atoms with E-state index in [1.165, 1.54) is 5.56 Å². The Hall–Kier alpha value is -1.55. The molecule has 4 nitrogen and oxygen atoms in total. The second-order valence-corrected chi connectivity index (χ2v) is 4.53. The average Bonchev–Trinajstić information content (AvgIpc) is 2.36. The maximum Gasteiger partial charge on any atom is 0.234 e. The molecule has 0 saturated heterocycles. The molecule has 4 heteroatoms. The monoisotopic (exact) mass is 250 g/mol. The van der Waals surface area contributed by atoms with Crippen molar-refractivity contribution in [1.82, 2.24) is 10.6 Å². The van der Waals surface area contributed by atoms with Crippen LogP contribution < -0.4 is 15.4 Å². The summed E-state index contributed by atoms with van der Waals surface area (Å²) in [7, 11) is 3.39. The van der Waals surface area contributed by atoms with Gasteiger partial charge in [-0.15, -0.1) is 0 Å². The summed E-state index contributed by atoms with van der Waals surface area (Å²) in [5.41, 5.74) is 2.25. The molecule has 0 aliphatic rings. The van der Waals surface area contributed by atoms with E-state index in [9.17, 15) is 4.79 Å². The minimum atomic E-state index is -0.0190.